The van der Waals surface area contributed by atoms with Crippen LogP contribution in [0.4, 0.5) is 0 Å². The lowest BCUT2D eigenvalue weighted by Gasteiger charge is -2.25. The molecule has 6 heteroatoms. The number of hydrogen-bond acceptors (Lipinski definition) is 4. The summed E-state index contributed by atoms with van der Waals surface area (Å²) in [4.78, 5) is 0. The lowest BCUT2D eigenvalue weighted by atomic mass is 10.0. The SMILES string of the molecule is N#CC(Cc1ccc(CC(C#N)P(=O)(c2ccccc2)c2ccccc2)cc1)P(=O)(c1ccccc1)c1ccccc1. The highest BCUT2D eigenvalue weighted by atomic mass is 31.2. The van der Waals surface area contributed by atoms with Gasteiger partial charge in [0.1, 0.15) is 11.3 Å². The third-order valence-corrected chi connectivity index (χ3v) is 14.2. The van der Waals surface area contributed by atoms with E-state index in [1.807, 2.05) is 146 Å². The van der Waals surface area contributed by atoms with E-state index in [-0.39, 0.29) is 0 Å². The van der Waals surface area contributed by atoms with Gasteiger partial charge in [-0.1, -0.05) is 146 Å². The van der Waals surface area contributed by atoms with Crippen molar-refractivity contribution in [3.8, 4) is 12.1 Å². The predicted molar refractivity (Wildman–Crippen MR) is 172 cm³/mol. The summed E-state index contributed by atoms with van der Waals surface area (Å²) in [6, 6.07) is 49.4. The maximum Gasteiger partial charge on any atom is 0.159 e. The standard InChI is InChI=1S/C36H30N2O2P2/c37-27-35(41(39,31-13-5-1-6-14-31)32-15-7-2-8-16-32)25-29-21-23-30(24-22-29)26-36(28-38)42(40,33-17-9-3-10-18-33)34-19-11-4-12-20-34/h1-24,35-36H,25-26H2. The van der Waals surface area contributed by atoms with Gasteiger partial charge in [0.15, 0.2) is 14.3 Å². The molecule has 0 radical (unpaired) electrons. The number of nitrogens with zero attached hydrogens (tertiary/aromatic N) is 2. The van der Waals surface area contributed by atoms with Gasteiger partial charge in [-0.15, -0.1) is 0 Å². The van der Waals surface area contributed by atoms with Gasteiger partial charge in [0, 0.05) is 21.2 Å². The largest absolute Gasteiger partial charge is 0.312 e. The molecule has 0 saturated carbocycles. The lowest BCUT2D eigenvalue weighted by Crippen LogP contribution is -2.27. The molecule has 0 heterocycles. The molecule has 5 aromatic carbocycles. The van der Waals surface area contributed by atoms with Crippen molar-refractivity contribution in [2.45, 2.75) is 24.2 Å². The Labute approximate surface area is 247 Å². The maximum absolute atomic E-state index is 14.7. The van der Waals surface area contributed by atoms with Gasteiger partial charge in [-0.05, 0) is 24.0 Å². The smallest absolute Gasteiger partial charge is 0.159 e. The van der Waals surface area contributed by atoms with Crippen LogP contribution in [0.3, 0.4) is 0 Å². The van der Waals surface area contributed by atoms with Crippen LogP contribution in [0.15, 0.2) is 146 Å². The molecule has 0 spiro atoms. The van der Waals surface area contributed by atoms with Gasteiger partial charge >= 0.3 is 0 Å². The molecular weight excluding hydrogens is 554 g/mol. The van der Waals surface area contributed by atoms with E-state index in [0.717, 1.165) is 11.1 Å². The summed E-state index contributed by atoms with van der Waals surface area (Å²) in [7, 11) is -6.54. The van der Waals surface area contributed by atoms with Crippen LogP contribution in [0.1, 0.15) is 11.1 Å². The number of benzene rings is 5. The average molecular weight is 585 g/mol. The van der Waals surface area contributed by atoms with E-state index in [9.17, 15) is 19.7 Å². The van der Waals surface area contributed by atoms with Crippen molar-refractivity contribution in [3.05, 3.63) is 157 Å². The van der Waals surface area contributed by atoms with Crippen LogP contribution in [-0.4, -0.2) is 11.3 Å². The first-order valence-corrected chi connectivity index (χ1v) is 17.3. The van der Waals surface area contributed by atoms with Gasteiger partial charge in [0.2, 0.25) is 0 Å². The highest BCUT2D eigenvalue weighted by Gasteiger charge is 2.38. The second kappa shape index (κ2) is 13.0. The Morgan fingerprint density at radius 3 is 0.881 bits per heavy atom. The first-order chi connectivity index (χ1) is 20.5. The first-order valence-electron chi connectivity index (χ1n) is 13.8. The molecule has 2 unspecified atom stereocenters. The maximum atomic E-state index is 14.7. The number of hydrogen-bond donors (Lipinski definition) is 0. The first kappa shape index (κ1) is 29.0. The van der Waals surface area contributed by atoms with Gasteiger partial charge in [0.05, 0.1) is 12.1 Å². The molecule has 0 aliphatic rings. The molecule has 0 saturated heterocycles. The Hall–Kier alpha value is -4.46. The molecule has 0 aromatic heterocycles. The van der Waals surface area contributed by atoms with Gasteiger partial charge in [-0.3, -0.25) is 0 Å². The quantitative estimate of drug-likeness (QED) is 0.174. The fourth-order valence-electron chi connectivity index (χ4n) is 5.38. The van der Waals surface area contributed by atoms with E-state index in [2.05, 4.69) is 12.1 Å². The van der Waals surface area contributed by atoms with Crippen molar-refractivity contribution in [1.29, 1.82) is 10.5 Å². The minimum Gasteiger partial charge on any atom is -0.312 e. The van der Waals surface area contributed by atoms with Crippen molar-refractivity contribution in [2.75, 3.05) is 0 Å². The molecule has 5 aromatic rings. The molecule has 0 fully saturated rings. The van der Waals surface area contributed by atoms with E-state index < -0.39 is 25.6 Å². The summed E-state index contributed by atoms with van der Waals surface area (Å²) in [6.45, 7) is 0. The van der Waals surface area contributed by atoms with Gasteiger partial charge in [0.25, 0.3) is 0 Å². The fourth-order valence-corrected chi connectivity index (χ4v) is 11.1. The van der Waals surface area contributed by atoms with Crippen molar-refractivity contribution >= 4 is 35.5 Å². The van der Waals surface area contributed by atoms with E-state index >= 15 is 0 Å². The molecule has 5 rings (SSSR count). The summed E-state index contributed by atoms with van der Waals surface area (Å²) >= 11 is 0. The zero-order valence-electron chi connectivity index (χ0n) is 23.0. The minimum absolute atomic E-state index is 0.312. The molecule has 0 N–H and O–H groups in total. The van der Waals surface area contributed by atoms with Crippen LogP contribution in [0, 0.1) is 22.7 Å². The Kier molecular flexibility index (Phi) is 9.00. The molecule has 42 heavy (non-hydrogen) atoms. The molecular formula is C36H30N2O2P2. The van der Waals surface area contributed by atoms with E-state index in [1.165, 1.54) is 0 Å². The van der Waals surface area contributed by atoms with Crippen molar-refractivity contribution < 1.29 is 9.13 Å². The van der Waals surface area contributed by atoms with Crippen LogP contribution < -0.4 is 21.2 Å². The third kappa shape index (κ3) is 5.79. The topological polar surface area (TPSA) is 81.7 Å². The highest BCUT2D eigenvalue weighted by molar-refractivity contribution is 7.80. The van der Waals surface area contributed by atoms with Crippen LogP contribution >= 0.6 is 14.3 Å². The molecule has 206 valence electrons. The Balaban J connectivity index is 1.43. The number of rotatable bonds is 10. The van der Waals surface area contributed by atoms with Crippen LogP contribution in [-0.2, 0) is 22.0 Å². The molecule has 4 nitrogen and oxygen atoms in total. The summed E-state index contributed by atoms with van der Waals surface area (Å²) in [5.41, 5.74) is 0.244. The highest BCUT2D eigenvalue weighted by Crippen LogP contribution is 2.50. The zero-order chi connectivity index (χ0) is 29.4. The normalized spacial score (nSPS) is 12.9. The fraction of sp³-hybridized carbons (Fsp3) is 0.111. The molecule has 0 bridgehead atoms. The zero-order valence-corrected chi connectivity index (χ0v) is 24.8. The summed E-state index contributed by atoms with van der Waals surface area (Å²) in [5, 5.41) is 23.2. The minimum atomic E-state index is -3.27. The van der Waals surface area contributed by atoms with Crippen LogP contribution in [0.25, 0.3) is 0 Å². The van der Waals surface area contributed by atoms with Crippen molar-refractivity contribution in [2.24, 2.45) is 0 Å². The Morgan fingerprint density at radius 2 is 0.667 bits per heavy atom. The lowest BCUT2D eigenvalue weighted by molar-refractivity contribution is 0.581. The average Bonchev–Trinajstić information content (AvgIpc) is 3.07. The van der Waals surface area contributed by atoms with Gasteiger partial charge in [-0.2, -0.15) is 10.5 Å². The Bertz CT molecular complexity index is 1570. The summed E-state index contributed by atoms with van der Waals surface area (Å²) < 4.78 is 29.4. The Morgan fingerprint density at radius 1 is 0.429 bits per heavy atom. The van der Waals surface area contributed by atoms with E-state index in [0.29, 0.717) is 34.1 Å². The third-order valence-electron chi connectivity index (χ3n) is 7.62. The molecule has 2 atom stereocenters. The monoisotopic (exact) mass is 584 g/mol. The molecule has 0 aliphatic carbocycles. The van der Waals surface area contributed by atoms with Crippen molar-refractivity contribution in [1.82, 2.24) is 0 Å². The predicted octanol–water partition coefficient (Wildman–Crippen LogP) is 6.58. The van der Waals surface area contributed by atoms with Crippen LogP contribution in [0.2, 0.25) is 0 Å². The molecule has 0 amide bonds. The number of nitriles is 2. The second-order valence-electron chi connectivity index (χ2n) is 10.2. The molecule has 0 aliphatic heterocycles. The van der Waals surface area contributed by atoms with Crippen LogP contribution in [0.5, 0.6) is 0 Å². The van der Waals surface area contributed by atoms with E-state index in [1.54, 1.807) is 0 Å². The summed E-state index contributed by atoms with van der Waals surface area (Å²) in [6.07, 6.45) is 0.623. The second-order valence-corrected chi connectivity index (χ2v) is 16.1. The van der Waals surface area contributed by atoms with E-state index in [4.69, 9.17) is 0 Å². The van der Waals surface area contributed by atoms with Gasteiger partial charge in [-0.25, -0.2) is 0 Å². The summed E-state index contributed by atoms with van der Waals surface area (Å²) in [5.74, 6) is 0. The van der Waals surface area contributed by atoms with Gasteiger partial charge < -0.3 is 9.13 Å². The van der Waals surface area contributed by atoms with Crippen molar-refractivity contribution in [3.63, 3.8) is 0 Å².